The Morgan fingerprint density at radius 3 is 2.63 bits per heavy atom. The highest BCUT2D eigenvalue weighted by molar-refractivity contribution is 9.10. The van der Waals surface area contributed by atoms with Crippen LogP contribution in [-0.4, -0.2) is 19.8 Å². The van der Waals surface area contributed by atoms with E-state index in [2.05, 4.69) is 21.2 Å². The number of unbranched alkanes of at least 4 members (excludes halogenated alkanes) is 1. The predicted molar refractivity (Wildman–Crippen MR) is 72.3 cm³/mol. The van der Waals surface area contributed by atoms with Crippen LogP contribution in [0.3, 0.4) is 0 Å². The van der Waals surface area contributed by atoms with Crippen LogP contribution >= 0.6 is 15.9 Å². The van der Waals surface area contributed by atoms with Gasteiger partial charge in [0, 0.05) is 17.4 Å². The molecule has 0 unspecified atom stereocenters. The lowest BCUT2D eigenvalue weighted by Gasteiger charge is -2.09. The number of rotatable bonds is 7. The minimum Gasteiger partial charge on any atom is -0.497 e. The van der Waals surface area contributed by atoms with Crippen molar-refractivity contribution in [3.05, 3.63) is 28.2 Å². The molecule has 0 aliphatic rings. The fourth-order valence-corrected chi connectivity index (χ4v) is 2.00. The Hall–Kier alpha value is -0.750. The van der Waals surface area contributed by atoms with Crippen molar-refractivity contribution in [2.24, 2.45) is 0 Å². The molecule has 0 saturated heterocycles. The number of benzene rings is 1. The second-order valence-electron chi connectivity index (χ2n) is 4.21. The molecule has 0 spiro atoms. The van der Waals surface area contributed by atoms with Gasteiger partial charge >= 0.3 is 6.18 Å². The summed E-state index contributed by atoms with van der Waals surface area (Å²) in [5, 5.41) is 3.13. The Morgan fingerprint density at radius 2 is 2.00 bits per heavy atom. The first-order valence-corrected chi connectivity index (χ1v) is 6.81. The minimum atomic E-state index is -4.05. The quantitative estimate of drug-likeness (QED) is 0.748. The largest absolute Gasteiger partial charge is 0.497 e. The summed E-state index contributed by atoms with van der Waals surface area (Å²) in [6.07, 6.45) is -4.08. The summed E-state index contributed by atoms with van der Waals surface area (Å²) in [5.74, 6) is 0.761. The van der Waals surface area contributed by atoms with E-state index in [0.29, 0.717) is 19.5 Å². The molecular weight excluding hydrogens is 323 g/mol. The lowest BCUT2D eigenvalue weighted by Crippen LogP contribution is -2.16. The molecule has 0 saturated carbocycles. The molecular formula is C13H17BrF3NO. The molecule has 0 aliphatic carbocycles. The van der Waals surface area contributed by atoms with Gasteiger partial charge < -0.3 is 10.1 Å². The molecule has 1 rings (SSSR count). The molecule has 1 N–H and O–H groups in total. The van der Waals surface area contributed by atoms with Gasteiger partial charge in [0.15, 0.2) is 0 Å². The fraction of sp³-hybridized carbons (Fsp3) is 0.538. The molecule has 1 aromatic carbocycles. The third kappa shape index (κ3) is 6.82. The zero-order valence-electron chi connectivity index (χ0n) is 10.7. The molecule has 0 bridgehead atoms. The summed E-state index contributed by atoms with van der Waals surface area (Å²) in [4.78, 5) is 0. The Morgan fingerprint density at radius 1 is 1.26 bits per heavy atom. The first-order valence-electron chi connectivity index (χ1n) is 6.02. The molecule has 0 atom stereocenters. The highest BCUT2D eigenvalue weighted by Crippen LogP contribution is 2.23. The predicted octanol–water partition coefficient (Wildman–Crippen LogP) is 4.28. The topological polar surface area (TPSA) is 21.3 Å². The fourth-order valence-electron chi connectivity index (χ4n) is 1.61. The number of methoxy groups -OCH3 is 1. The van der Waals surface area contributed by atoms with Crippen molar-refractivity contribution in [3.8, 4) is 5.75 Å². The highest BCUT2D eigenvalue weighted by Gasteiger charge is 2.25. The van der Waals surface area contributed by atoms with E-state index in [-0.39, 0.29) is 6.42 Å². The van der Waals surface area contributed by atoms with Gasteiger partial charge in [-0.15, -0.1) is 0 Å². The Labute approximate surface area is 119 Å². The highest BCUT2D eigenvalue weighted by atomic mass is 79.9. The molecule has 0 heterocycles. The van der Waals surface area contributed by atoms with E-state index in [9.17, 15) is 13.2 Å². The van der Waals surface area contributed by atoms with Crippen molar-refractivity contribution in [3.63, 3.8) is 0 Å². The molecule has 0 radical (unpaired) electrons. The van der Waals surface area contributed by atoms with E-state index >= 15 is 0 Å². The van der Waals surface area contributed by atoms with Gasteiger partial charge in [0.05, 0.1) is 7.11 Å². The number of halogens is 4. The average Bonchev–Trinajstić information content (AvgIpc) is 2.34. The summed E-state index contributed by atoms with van der Waals surface area (Å²) in [7, 11) is 1.59. The number of nitrogens with one attached hydrogen (secondary N) is 1. The van der Waals surface area contributed by atoms with Gasteiger partial charge in [-0.3, -0.25) is 0 Å². The van der Waals surface area contributed by atoms with Crippen LogP contribution in [0.5, 0.6) is 5.75 Å². The van der Waals surface area contributed by atoms with Gasteiger partial charge in [0.25, 0.3) is 0 Å². The Kier molecular flexibility index (Phi) is 6.65. The Balaban J connectivity index is 2.26. The van der Waals surface area contributed by atoms with Crippen molar-refractivity contribution in [1.29, 1.82) is 0 Å². The van der Waals surface area contributed by atoms with E-state index in [1.165, 1.54) is 0 Å². The lowest BCUT2D eigenvalue weighted by atomic mass is 10.2. The molecule has 0 fully saturated rings. The smallest absolute Gasteiger partial charge is 0.389 e. The van der Waals surface area contributed by atoms with Crippen LogP contribution < -0.4 is 10.1 Å². The minimum absolute atomic E-state index is 0.162. The third-order valence-corrected chi connectivity index (χ3v) is 3.41. The number of hydrogen-bond acceptors (Lipinski definition) is 2. The van der Waals surface area contributed by atoms with Gasteiger partial charge in [-0.1, -0.05) is 15.9 Å². The molecule has 19 heavy (non-hydrogen) atoms. The van der Waals surface area contributed by atoms with Crippen LogP contribution in [0.4, 0.5) is 13.2 Å². The van der Waals surface area contributed by atoms with Gasteiger partial charge in [-0.25, -0.2) is 0 Å². The maximum absolute atomic E-state index is 11.9. The van der Waals surface area contributed by atoms with Crippen molar-refractivity contribution < 1.29 is 17.9 Å². The normalized spacial score (nSPS) is 11.6. The second kappa shape index (κ2) is 7.75. The average molecular weight is 340 g/mol. The maximum atomic E-state index is 11.9. The van der Waals surface area contributed by atoms with E-state index in [0.717, 1.165) is 15.8 Å². The van der Waals surface area contributed by atoms with E-state index < -0.39 is 12.6 Å². The second-order valence-corrected chi connectivity index (χ2v) is 5.06. The van der Waals surface area contributed by atoms with Crippen molar-refractivity contribution >= 4 is 15.9 Å². The van der Waals surface area contributed by atoms with Crippen LogP contribution in [0.25, 0.3) is 0 Å². The van der Waals surface area contributed by atoms with Gasteiger partial charge in [0.1, 0.15) is 5.75 Å². The summed E-state index contributed by atoms with van der Waals surface area (Å²) in [6, 6.07) is 5.63. The standard InChI is InChI=1S/C13H17BrF3NO/c1-19-11-4-5-12(14)10(8-11)9-18-7-3-2-6-13(15,16)17/h4-5,8,18H,2-3,6-7,9H2,1H3. The summed E-state index contributed by atoms with van der Waals surface area (Å²) in [6.45, 7) is 1.17. The number of hydrogen-bond donors (Lipinski definition) is 1. The van der Waals surface area contributed by atoms with Gasteiger partial charge in [-0.05, 0) is 43.1 Å². The van der Waals surface area contributed by atoms with Crippen LogP contribution in [0, 0.1) is 0 Å². The molecule has 0 amide bonds. The summed E-state index contributed by atoms with van der Waals surface area (Å²) < 4.78 is 41.9. The molecule has 108 valence electrons. The van der Waals surface area contributed by atoms with E-state index in [1.807, 2.05) is 18.2 Å². The van der Waals surface area contributed by atoms with E-state index in [4.69, 9.17) is 4.74 Å². The van der Waals surface area contributed by atoms with Crippen LogP contribution in [0.1, 0.15) is 24.8 Å². The third-order valence-electron chi connectivity index (χ3n) is 2.63. The molecule has 2 nitrogen and oxygen atoms in total. The SMILES string of the molecule is COc1ccc(Br)c(CNCCCCC(F)(F)F)c1. The zero-order valence-corrected chi connectivity index (χ0v) is 12.3. The first-order chi connectivity index (χ1) is 8.92. The van der Waals surface area contributed by atoms with Crippen molar-refractivity contribution in [2.75, 3.05) is 13.7 Å². The van der Waals surface area contributed by atoms with Crippen LogP contribution in [0.2, 0.25) is 0 Å². The monoisotopic (exact) mass is 339 g/mol. The zero-order chi connectivity index (χ0) is 14.3. The maximum Gasteiger partial charge on any atom is 0.389 e. The summed E-state index contributed by atoms with van der Waals surface area (Å²) in [5.41, 5.74) is 1.02. The molecule has 0 aromatic heterocycles. The number of ether oxygens (including phenoxy) is 1. The lowest BCUT2D eigenvalue weighted by molar-refractivity contribution is -0.135. The Bertz CT molecular complexity index is 396. The van der Waals surface area contributed by atoms with Crippen molar-refractivity contribution in [1.82, 2.24) is 5.32 Å². The molecule has 6 heteroatoms. The first kappa shape index (κ1) is 16.3. The molecule has 0 aliphatic heterocycles. The van der Waals surface area contributed by atoms with Crippen LogP contribution in [0.15, 0.2) is 22.7 Å². The van der Waals surface area contributed by atoms with Crippen molar-refractivity contribution in [2.45, 2.75) is 32.0 Å². The van der Waals surface area contributed by atoms with Gasteiger partial charge in [-0.2, -0.15) is 13.2 Å². The van der Waals surface area contributed by atoms with E-state index in [1.54, 1.807) is 7.11 Å². The number of alkyl halides is 3. The summed E-state index contributed by atoms with van der Waals surface area (Å²) >= 11 is 3.42. The van der Waals surface area contributed by atoms with Crippen LogP contribution in [-0.2, 0) is 6.54 Å². The molecule has 1 aromatic rings. The van der Waals surface area contributed by atoms with Gasteiger partial charge in [0.2, 0.25) is 0 Å².